The normalized spacial score (nSPS) is 25.1. The van der Waals surface area contributed by atoms with Gasteiger partial charge in [-0.3, -0.25) is 0 Å². The minimum Gasteiger partial charge on any atom is -0.417 e. The molecule has 1 aromatic rings. The van der Waals surface area contributed by atoms with Gasteiger partial charge in [0.05, 0.1) is 17.2 Å². The lowest BCUT2D eigenvalue weighted by Crippen LogP contribution is -2.57. The Kier molecular flexibility index (Phi) is 7.42. The van der Waals surface area contributed by atoms with Crippen molar-refractivity contribution in [3.8, 4) is 6.07 Å². The molecule has 0 aliphatic heterocycles. The molecule has 0 bridgehead atoms. The Morgan fingerprint density at radius 1 is 1.00 bits per heavy atom. The molecule has 2 rings (SSSR count). The Morgan fingerprint density at radius 2 is 1.52 bits per heavy atom. The Hall–Kier alpha value is -0.976. The van der Waals surface area contributed by atoms with E-state index >= 15 is 0 Å². The molecule has 1 N–H and O–H groups in total. The van der Waals surface area contributed by atoms with Crippen LogP contribution in [0.2, 0.25) is 36.3 Å². The average Bonchev–Trinajstić information content (AvgIpc) is 2.62. The second kappa shape index (κ2) is 8.76. The first-order chi connectivity index (χ1) is 13.9. The van der Waals surface area contributed by atoms with Gasteiger partial charge in [-0.1, -0.05) is 53.7 Å². The maximum atomic E-state index is 11.7. The van der Waals surface area contributed by atoms with Crippen LogP contribution in [0.4, 0.5) is 0 Å². The first kappa shape index (κ1) is 26.3. The van der Waals surface area contributed by atoms with Gasteiger partial charge in [0.2, 0.25) is 0 Å². The smallest absolute Gasteiger partial charge is 0.191 e. The topological polar surface area (TPSA) is 62.5 Å². The van der Waals surface area contributed by atoms with Crippen molar-refractivity contribution in [3.63, 3.8) is 0 Å². The molecule has 0 unspecified atom stereocenters. The van der Waals surface area contributed by atoms with Crippen LogP contribution in [0.5, 0.6) is 0 Å². The molecule has 1 aliphatic rings. The maximum absolute atomic E-state index is 11.7. The third-order valence-electron chi connectivity index (χ3n) is 8.14. The first-order valence-electron chi connectivity index (χ1n) is 11.5. The fourth-order valence-electron chi connectivity index (χ4n) is 3.61. The molecule has 31 heavy (non-hydrogen) atoms. The van der Waals surface area contributed by atoms with E-state index in [4.69, 9.17) is 8.85 Å². The van der Waals surface area contributed by atoms with Crippen LogP contribution in [-0.2, 0) is 14.5 Å². The Labute approximate surface area is 192 Å². The van der Waals surface area contributed by atoms with Crippen molar-refractivity contribution < 1.29 is 14.0 Å². The van der Waals surface area contributed by atoms with Crippen molar-refractivity contribution in [3.05, 3.63) is 35.4 Å². The highest BCUT2D eigenvalue weighted by atomic mass is 28.4. The zero-order valence-electron chi connectivity index (χ0n) is 21.3. The van der Waals surface area contributed by atoms with E-state index in [0.29, 0.717) is 25.2 Å². The molecule has 174 valence electrons. The van der Waals surface area contributed by atoms with Crippen molar-refractivity contribution in [2.24, 2.45) is 11.8 Å². The molecule has 0 aromatic heterocycles. The van der Waals surface area contributed by atoms with Crippen LogP contribution in [-0.4, -0.2) is 35.0 Å². The SMILES string of the molecule is CC(C)(C)[Si](C)(C)OC[C@H]1C[C@](O)(c2cccc(C#N)c2)[C@@H]1CO[Si](C)(C)C(C)(C)C. The van der Waals surface area contributed by atoms with Gasteiger partial charge in [-0.25, -0.2) is 0 Å². The third kappa shape index (κ3) is 5.51. The highest BCUT2D eigenvalue weighted by molar-refractivity contribution is 6.74. The Balaban J connectivity index is 2.26. The highest BCUT2D eigenvalue weighted by Crippen LogP contribution is 2.53. The summed E-state index contributed by atoms with van der Waals surface area (Å²) in [5.74, 6) is 0.204. The number of rotatable bonds is 7. The zero-order valence-corrected chi connectivity index (χ0v) is 23.3. The summed E-state index contributed by atoms with van der Waals surface area (Å²) in [5.41, 5.74) is 0.423. The standard InChI is InChI=1S/C25H43NO3Si2/c1-23(2,3)30(7,8)28-17-20-15-25(27,21-13-11-12-19(14-21)16-26)22(20)18-29-31(9,10)24(4,5)6/h11-14,20,22,27H,15,17-18H2,1-10H3/t20-,22-,25+/m1/s1. The summed E-state index contributed by atoms with van der Waals surface area (Å²) in [6.07, 6.45) is 0.641. The summed E-state index contributed by atoms with van der Waals surface area (Å²) in [7, 11) is -3.81. The van der Waals surface area contributed by atoms with Gasteiger partial charge < -0.3 is 14.0 Å². The lowest BCUT2D eigenvalue weighted by atomic mass is 9.59. The van der Waals surface area contributed by atoms with E-state index in [9.17, 15) is 10.4 Å². The maximum Gasteiger partial charge on any atom is 0.191 e. The molecule has 1 aliphatic carbocycles. The molecule has 0 amide bonds. The van der Waals surface area contributed by atoms with E-state index in [0.717, 1.165) is 5.56 Å². The molecule has 0 heterocycles. The Bertz CT molecular complexity index is 817. The average molecular weight is 462 g/mol. The third-order valence-corrected chi connectivity index (χ3v) is 17.1. The van der Waals surface area contributed by atoms with E-state index < -0.39 is 22.2 Å². The van der Waals surface area contributed by atoms with Gasteiger partial charge in [0.25, 0.3) is 0 Å². The molecule has 3 atom stereocenters. The molecule has 1 fully saturated rings. The first-order valence-corrected chi connectivity index (χ1v) is 17.3. The quantitative estimate of drug-likeness (QED) is 0.475. The fourth-order valence-corrected chi connectivity index (χ4v) is 5.70. The van der Waals surface area contributed by atoms with E-state index in [2.05, 4.69) is 73.8 Å². The van der Waals surface area contributed by atoms with Gasteiger partial charge in [0.15, 0.2) is 16.6 Å². The predicted molar refractivity (Wildman–Crippen MR) is 133 cm³/mol. The molecule has 0 spiro atoms. The summed E-state index contributed by atoms with van der Waals surface area (Å²) in [4.78, 5) is 0. The lowest BCUT2D eigenvalue weighted by molar-refractivity contribution is -0.169. The summed E-state index contributed by atoms with van der Waals surface area (Å²) in [6, 6.07) is 9.60. The fraction of sp³-hybridized carbons (Fsp3) is 0.720. The second-order valence-electron chi connectivity index (χ2n) is 12.3. The van der Waals surface area contributed by atoms with E-state index in [-0.39, 0.29) is 21.9 Å². The van der Waals surface area contributed by atoms with Crippen LogP contribution >= 0.6 is 0 Å². The monoisotopic (exact) mass is 461 g/mol. The van der Waals surface area contributed by atoms with Gasteiger partial charge in [0, 0.05) is 19.1 Å². The molecule has 4 nitrogen and oxygen atoms in total. The van der Waals surface area contributed by atoms with Crippen LogP contribution in [0.25, 0.3) is 0 Å². The Morgan fingerprint density at radius 3 is 2.00 bits per heavy atom. The van der Waals surface area contributed by atoms with Crippen LogP contribution in [0.1, 0.15) is 59.1 Å². The van der Waals surface area contributed by atoms with E-state index in [1.54, 1.807) is 6.07 Å². The van der Waals surface area contributed by atoms with Crippen molar-refractivity contribution in [1.82, 2.24) is 0 Å². The second-order valence-corrected chi connectivity index (χ2v) is 21.9. The predicted octanol–water partition coefficient (Wildman–Crippen LogP) is 6.43. The van der Waals surface area contributed by atoms with Gasteiger partial charge in [-0.2, -0.15) is 5.26 Å². The summed E-state index contributed by atoms with van der Waals surface area (Å²) in [6.45, 7) is 23.7. The summed E-state index contributed by atoms with van der Waals surface area (Å²) < 4.78 is 13.1. The van der Waals surface area contributed by atoms with Crippen LogP contribution in [0.15, 0.2) is 24.3 Å². The number of nitriles is 1. The minimum atomic E-state index is -1.95. The van der Waals surface area contributed by atoms with Crippen molar-refractivity contribution in [2.45, 2.75) is 89.8 Å². The van der Waals surface area contributed by atoms with Crippen LogP contribution in [0, 0.1) is 23.2 Å². The van der Waals surface area contributed by atoms with Crippen molar-refractivity contribution in [1.29, 1.82) is 5.26 Å². The minimum absolute atomic E-state index is 0.0414. The van der Waals surface area contributed by atoms with Gasteiger partial charge in [-0.15, -0.1) is 0 Å². The lowest BCUT2D eigenvalue weighted by Gasteiger charge is -2.54. The van der Waals surface area contributed by atoms with Crippen LogP contribution < -0.4 is 0 Å². The molecule has 6 heteroatoms. The molecule has 1 aromatic carbocycles. The van der Waals surface area contributed by atoms with Gasteiger partial charge >= 0.3 is 0 Å². The van der Waals surface area contributed by atoms with Crippen LogP contribution in [0.3, 0.4) is 0 Å². The number of hydrogen-bond acceptors (Lipinski definition) is 4. The number of hydrogen-bond donors (Lipinski definition) is 1. The molecule has 1 saturated carbocycles. The largest absolute Gasteiger partial charge is 0.417 e. The summed E-state index contributed by atoms with van der Waals surface area (Å²) in [5, 5.41) is 21.3. The highest BCUT2D eigenvalue weighted by Gasteiger charge is 2.55. The van der Waals surface area contributed by atoms with Crippen molar-refractivity contribution >= 4 is 16.6 Å². The van der Waals surface area contributed by atoms with Gasteiger partial charge in [0.1, 0.15) is 0 Å². The number of aliphatic hydroxyl groups is 1. The van der Waals surface area contributed by atoms with E-state index in [1.807, 2.05) is 18.2 Å². The molecule has 0 saturated heterocycles. The molecular weight excluding hydrogens is 418 g/mol. The zero-order chi connectivity index (χ0) is 23.9. The van der Waals surface area contributed by atoms with E-state index in [1.165, 1.54) is 0 Å². The number of nitrogens with zero attached hydrogens (tertiary/aromatic N) is 1. The molecule has 0 radical (unpaired) electrons. The number of benzene rings is 1. The molecular formula is C25H43NO3Si2. The van der Waals surface area contributed by atoms with Crippen molar-refractivity contribution in [2.75, 3.05) is 13.2 Å². The summed E-state index contributed by atoms with van der Waals surface area (Å²) >= 11 is 0. The van der Waals surface area contributed by atoms with Gasteiger partial charge in [-0.05, 0) is 66.3 Å².